The summed E-state index contributed by atoms with van der Waals surface area (Å²) in [6.07, 6.45) is 0.294. The van der Waals surface area contributed by atoms with Gasteiger partial charge in [-0.3, -0.25) is 13.9 Å². The average Bonchev–Trinajstić information content (AvgIpc) is 2.88. The van der Waals surface area contributed by atoms with Crippen molar-refractivity contribution in [3.63, 3.8) is 0 Å². The number of nitrogens with zero attached hydrogens (tertiary/aromatic N) is 2. The molecule has 7 nitrogen and oxygen atoms in total. The first kappa shape index (κ1) is 32.9. The fourth-order valence-electron chi connectivity index (χ4n) is 4.18. The van der Waals surface area contributed by atoms with E-state index in [4.69, 9.17) is 23.2 Å². The zero-order chi connectivity index (χ0) is 30.5. The molecule has 0 spiro atoms. The van der Waals surface area contributed by atoms with Crippen molar-refractivity contribution in [3.05, 3.63) is 92.4 Å². The Morgan fingerprint density at radius 3 is 2.12 bits per heavy atom. The van der Waals surface area contributed by atoms with Gasteiger partial charge in [-0.05, 0) is 88.2 Å². The van der Waals surface area contributed by atoms with Gasteiger partial charge in [-0.25, -0.2) is 8.42 Å². The predicted octanol–water partition coefficient (Wildman–Crippen LogP) is 6.98. The number of hydrogen-bond acceptors (Lipinski definition) is 4. The minimum Gasteiger partial charge on any atom is -0.350 e. The first-order chi connectivity index (χ1) is 19.1. The largest absolute Gasteiger partial charge is 0.350 e. The van der Waals surface area contributed by atoms with E-state index >= 15 is 0 Å². The second kappa shape index (κ2) is 13.6. The van der Waals surface area contributed by atoms with Crippen molar-refractivity contribution in [1.82, 2.24) is 10.2 Å². The molecule has 0 radical (unpaired) electrons. The van der Waals surface area contributed by atoms with E-state index in [-0.39, 0.29) is 17.3 Å². The Labute approximate surface area is 261 Å². The normalized spacial score (nSPS) is 12.5. The Hall–Kier alpha value is -2.59. The van der Waals surface area contributed by atoms with Crippen molar-refractivity contribution < 1.29 is 18.0 Å². The maximum Gasteiger partial charge on any atom is 0.264 e. The third kappa shape index (κ3) is 8.70. The highest BCUT2D eigenvalue weighted by molar-refractivity contribution is 9.10. The molecular weight excluding hydrogens is 649 g/mol. The van der Waals surface area contributed by atoms with Gasteiger partial charge in [-0.1, -0.05) is 69.8 Å². The number of halogens is 3. The van der Waals surface area contributed by atoms with Crippen molar-refractivity contribution >= 4 is 66.7 Å². The number of carbonyl (C=O) groups excluding carboxylic acids is 2. The Morgan fingerprint density at radius 2 is 1.59 bits per heavy atom. The van der Waals surface area contributed by atoms with Gasteiger partial charge in [0.1, 0.15) is 12.6 Å². The maximum atomic E-state index is 14.1. The van der Waals surface area contributed by atoms with E-state index < -0.39 is 34.1 Å². The quantitative estimate of drug-likeness (QED) is 0.250. The third-order valence-corrected chi connectivity index (χ3v) is 9.15. The van der Waals surface area contributed by atoms with E-state index in [1.165, 1.54) is 17.0 Å². The summed E-state index contributed by atoms with van der Waals surface area (Å²) in [6.45, 7) is 8.65. The molecule has 1 atom stereocenters. The topological polar surface area (TPSA) is 86.8 Å². The summed E-state index contributed by atoms with van der Waals surface area (Å²) in [7, 11) is -4.15. The Balaban J connectivity index is 2.09. The Bertz CT molecular complexity index is 1490. The van der Waals surface area contributed by atoms with Crippen molar-refractivity contribution in [2.75, 3.05) is 10.8 Å². The van der Waals surface area contributed by atoms with Gasteiger partial charge in [0.05, 0.1) is 10.6 Å². The van der Waals surface area contributed by atoms with Crippen LogP contribution in [-0.4, -0.2) is 43.3 Å². The summed E-state index contributed by atoms with van der Waals surface area (Å²) in [5, 5.41) is 3.71. The van der Waals surface area contributed by atoms with Gasteiger partial charge in [-0.15, -0.1) is 0 Å². The third-order valence-electron chi connectivity index (χ3n) is 6.24. The highest BCUT2D eigenvalue weighted by atomic mass is 79.9. The van der Waals surface area contributed by atoms with Crippen molar-refractivity contribution in [2.45, 2.75) is 64.1 Å². The SMILES string of the molecule is CC[C@@H](C(=O)NC(C)(C)C)N(Cc1ccc(Cl)cc1Cl)C(=O)CN(c1ccc(Br)cc1)S(=O)(=O)c1ccc(C)cc1. The minimum atomic E-state index is -4.15. The molecule has 3 aromatic rings. The number of rotatable bonds is 10. The number of benzene rings is 3. The molecule has 41 heavy (non-hydrogen) atoms. The number of hydrogen-bond donors (Lipinski definition) is 1. The van der Waals surface area contributed by atoms with E-state index in [0.717, 1.165) is 14.3 Å². The Morgan fingerprint density at radius 1 is 0.976 bits per heavy atom. The second-order valence-electron chi connectivity index (χ2n) is 10.7. The zero-order valence-electron chi connectivity index (χ0n) is 23.6. The molecule has 3 aromatic carbocycles. The summed E-state index contributed by atoms with van der Waals surface area (Å²) in [4.78, 5) is 29.0. The first-order valence-corrected chi connectivity index (χ1v) is 16.0. The standard InChI is InChI=1S/C30H34BrCl2N3O4S/c1-6-27(29(38)34-30(3,4)5)35(18-21-9-12-23(32)17-26(21)33)28(37)19-36(24-13-10-22(31)11-14-24)41(39,40)25-15-7-20(2)8-16-25/h7-17,27H,6,18-19H2,1-5H3,(H,34,38)/t27-/m0/s1. The van der Waals surface area contributed by atoms with Gasteiger partial charge in [-0.2, -0.15) is 0 Å². The molecule has 0 saturated carbocycles. The van der Waals surface area contributed by atoms with Gasteiger partial charge < -0.3 is 10.2 Å². The lowest BCUT2D eigenvalue weighted by atomic mass is 10.1. The molecule has 0 unspecified atom stereocenters. The van der Waals surface area contributed by atoms with E-state index in [1.54, 1.807) is 61.5 Å². The average molecular weight is 683 g/mol. The summed E-state index contributed by atoms with van der Waals surface area (Å²) in [5.41, 5.74) is 1.23. The fraction of sp³-hybridized carbons (Fsp3) is 0.333. The maximum absolute atomic E-state index is 14.1. The van der Waals surface area contributed by atoms with Gasteiger partial charge in [0.15, 0.2) is 0 Å². The smallest absolute Gasteiger partial charge is 0.264 e. The van der Waals surface area contributed by atoms with E-state index in [1.807, 2.05) is 27.7 Å². The first-order valence-electron chi connectivity index (χ1n) is 13.0. The number of anilines is 1. The monoisotopic (exact) mass is 681 g/mol. The molecular formula is C30H34BrCl2N3O4S. The van der Waals surface area contributed by atoms with Crippen LogP contribution in [0.3, 0.4) is 0 Å². The molecule has 0 fully saturated rings. The van der Waals surface area contributed by atoms with E-state index in [0.29, 0.717) is 27.7 Å². The predicted molar refractivity (Wildman–Crippen MR) is 169 cm³/mol. The van der Waals surface area contributed by atoms with Crippen LogP contribution in [0.2, 0.25) is 10.0 Å². The van der Waals surface area contributed by atoms with Crippen molar-refractivity contribution in [3.8, 4) is 0 Å². The second-order valence-corrected chi connectivity index (χ2v) is 14.3. The molecule has 0 saturated heterocycles. The lowest BCUT2D eigenvalue weighted by Gasteiger charge is -2.35. The van der Waals surface area contributed by atoms with Gasteiger partial charge in [0.2, 0.25) is 11.8 Å². The van der Waals surface area contributed by atoms with Crippen LogP contribution in [0.15, 0.2) is 76.1 Å². The molecule has 0 aliphatic heterocycles. The molecule has 0 aliphatic carbocycles. The molecule has 0 bridgehead atoms. The lowest BCUT2D eigenvalue weighted by molar-refractivity contribution is -0.141. The Kier molecular flexibility index (Phi) is 10.9. The molecule has 1 N–H and O–H groups in total. The van der Waals surface area contributed by atoms with Gasteiger partial charge >= 0.3 is 0 Å². The van der Waals surface area contributed by atoms with Gasteiger partial charge in [0.25, 0.3) is 10.0 Å². The van der Waals surface area contributed by atoms with Crippen LogP contribution in [0.25, 0.3) is 0 Å². The highest BCUT2D eigenvalue weighted by Crippen LogP contribution is 2.28. The van der Waals surface area contributed by atoms with Crippen LogP contribution in [0.5, 0.6) is 0 Å². The van der Waals surface area contributed by atoms with Crippen LogP contribution < -0.4 is 9.62 Å². The van der Waals surface area contributed by atoms with E-state index in [9.17, 15) is 18.0 Å². The molecule has 3 rings (SSSR count). The summed E-state index contributed by atoms with van der Waals surface area (Å²) >= 11 is 15.9. The van der Waals surface area contributed by atoms with Crippen LogP contribution in [0, 0.1) is 6.92 Å². The van der Waals surface area contributed by atoms with Crippen molar-refractivity contribution in [2.24, 2.45) is 0 Å². The van der Waals surface area contributed by atoms with Gasteiger partial charge in [0, 0.05) is 26.6 Å². The summed E-state index contributed by atoms with van der Waals surface area (Å²) in [6, 6.07) is 17.1. The fourth-order valence-corrected chi connectivity index (χ4v) is 6.33. The lowest BCUT2D eigenvalue weighted by Crippen LogP contribution is -2.55. The number of carbonyl (C=O) groups is 2. The van der Waals surface area contributed by atoms with Crippen LogP contribution >= 0.6 is 39.1 Å². The van der Waals surface area contributed by atoms with E-state index in [2.05, 4.69) is 21.2 Å². The number of aryl methyl sites for hydroxylation is 1. The van der Waals surface area contributed by atoms with Crippen LogP contribution in [0.1, 0.15) is 45.2 Å². The number of amides is 2. The number of nitrogens with one attached hydrogen (secondary N) is 1. The molecule has 0 heterocycles. The van der Waals surface area contributed by atoms with Crippen LogP contribution in [0.4, 0.5) is 5.69 Å². The zero-order valence-corrected chi connectivity index (χ0v) is 27.5. The number of sulfonamides is 1. The molecule has 11 heteroatoms. The summed E-state index contributed by atoms with van der Waals surface area (Å²) in [5.74, 6) is -0.916. The highest BCUT2D eigenvalue weighted by Gasteiger charge is 2.35. The summed E-state index contributed by atoms with van der Waals surface area (Å²) < 4.78 is 29.7. The molecule has 2 amide bonds. The molecule has 0 aromatic heterocycles. The van der Waals surface area contributed by atoms with Crippen molar-refractivity contribution in [1.29, 1.82) is 0 Å². The van der Waals surface area contributed by atoms with Crippen LogP contribution in [-0.2, 0) is 26.2 Å². The minimum absolute atomic E-state index is 0.0241. The molecule has 220 valence electrons. The molecule has 0 aliphatic rings.